The highest BCUT2D eigenvalue weighted by molar-refractivity contribution is 5.85. The summed E-state index contributed by atoms with van der Waals surface area (Å²) in [7, 11) is 0. The van der Waals surface area contributed by atoms with Crippen LogP contribution in [0.3, 0.4) is 0 Å². The monoisotopic (exact) mass is 414 g/mol. The summed E-state index contributed by atoms with van der Waals surface area (Å²) < 4.78 is 7.43. The molecule has 1 atom stereocenters. The predicted molar refractivity (Wildman–Crippen MR) is 110 cm³/mol. The zero-order valence-corrected chi connectivity index (χ0v) is 16.9. The number of carbonyl (C=O) groups is 1. The van der Waals surface area contributed by atoms with E-state index in [9.17, 15) is 4.79 Å². The third-order valence-corrected chi connectivity index (χ3v) is 4.72. The first-order valence-corrected chi connectivity index (χ1v) is 8.89. The number of nitrogens with one attached hydrogen (secondary N) is 1. The second-order valence-corrected chi connectivity index (χ2v) is 6.47. The Balaban J connectivity index is 0.00000182. The molecule has 1 aromatic heterocycles. The molecule has 27 heavy (non-hydrogen) atoms. The van der Waals surface area contributed by atoms with Crippen molar-refractivity contribution < 1.29 is 9.53 Å². The van der Waals surface area contributed by atoms with Crippen LogP contribution in [0.25, 0.3) is 0 Å². The van der Waals surface area contributed by atoms with E-state index in [0.717, 1.165) is 25.2 Å². The number of amides is 1. The zero-order chi connectivity index (χ0) is 17.5. The summed E-state index contributed by atoms with van der Waals surface area (Å²) in [6.07, 6.45) is 6.17. The van der Waals surface area contributed by atoms with Crippen molar-refractivity contribution in [2.24, 2.45) is 11.7 Å². The Morgan fingerprint density at radius 2 is 1.96 bits per heavy atom. The van der Waals surface area contributed by atoms with E-state index in [0.29, 0.717) is 26.2 Å². The Morgan fingerprint density at radius 1 is 1.26 bits per heavy atom. The summed E-state index contributed by atoms with van der Waals surface area (Å²) in [6, 6.07) is 9.81. The van der Waals surface area contributed by atoms with E-state index >= 15 is 0 Å². The third kappa shape index (κ3) is 6.81. The molecule has 1 amide bonds. The number of nitrogens with zero attached hydrogens (tertiary/aromatic N) is 2. The first-order valence-electron chi connectivity index (χ1n) is 8.89. The maximum Gasteiger partial charge on any atom is 0.237 e. The topological polar surface area (TPSA) is 82.2 Å². The number of nitrogens with two attached hydrogens (primary N) is 1. The first-order chi connectivity index (χ1) is 12.2. The van der Waals surface area contributed by atoms with Crippen LogP contribution >= 0.6 is 24.8 Å². The lowest BCUT2D eigenvalue weighted by atomic mass is 9.92. The van der Waals surface area contributed by atoms with Gasteiger partial charge in [0.15, 0.2) is 0 Å². The first kappa shape index (κ1) is 23.4. The minimum atomic E-state index is -0.451. The molecule has 6 nitrogen and oxygen atoms in total. The number of benzene rings is 1. The van der Waals surface area contributed by atoms with E-state index in [1.807, 2.05) is 24.4 Å². The molecule has 2 aromatic rings. The van der Waals surface area contributed by atoms with Crippen molar-refractivity contribution in [2.45, 2.75) is 31.8 Å². The highest BCUT2D eigenvalue weighted by atomic mass is 35.5. The van der Waals surface area contributed by atoms with Crippen molar-refractivity contribution in [2.75, 3.05) is 19.8 Å². The molecule has 3 rings (SSSR count). The van der Waals surface area contributed by atoms with Gasteiger partial charge >= 0.3 is 0 Å². The largest absolute Gasteiger partial charge is 0.381 e. The van der Waals surface area contributed by atoms with Crippen LogP contribution in [0.15, 0.2) is 42.7 Å². The molecule has 0 saturated carbocycles. The van der Waals surface area contributed by atoms with Crippen LogP contribution < -0.4 is 11.1 Å². The van der Waals surface area contributed by atoms with E-state index in [-0.39, 0.29) is 36.6 Å². The lowest BCUT2D eigenvalue weighted by Gasteiger charge is -2.26. The van der Waals surface area contributed by atoms with Crippen LogP contribution in [0.2, 0.25) is 0 Å². The normalized spacial score (nSPS) is 15.3. The van der Waals surface area contributed by atoms with Gasteiger partial charge in [-0.05, 0) is 24.3 Å². The van der Waals surface area contributed by atoms with Crippen molar-refractivity contribution in [1.82, 2.24) is 14.9 Å². The van der Waals surface area contributed by atoms with Gasteiger partial charge in [0.05, 0.1) is 6.04 Å². The van der Waals surface area contributed by atoms with Crippen LogP contribution in [0.4, 0.5) is 0 Å². The number of imidazole rings is 1. The Morgan fingerprint density at radius 3 is 2.67 bits per heavy atom. The summed E-state index contributed by atoms with van der Waals surface area (Å²) in [5, 5.41) is 2.95. The van der Waals surface area contributed by atoms with E-state index in [1.165, 1.54) is 5.56 Å². The number of carbonyl (C=O) groups excluding carboxylic acids is 1. The molecule has 8 heteroatoms. The van der Waals surface area contributed by atoms with Crippen molar-refractivity contribution in [1.29, 1.82) is 0 Å². The molecule has 3 N–H and O–H groups in total. The van der Waals surface area contributed by atoms with Gasteiger partial charge in [0, 0.05) is 45.1 Å². The fourth-order valence-electron chi connectivity index (χ4n) is 3.20. The Labute approximate surface area is 172 Å². The summed E-state index contributed by atoms with van der Waals surface area (Å²) in [5.41, 5.74) is 7.32. The minimum Gasteiger partial charge on any atom is -0.381 e. The second kappa shape index (κ2) is 12.0. The molecule has 1 saturated heterocycles. The quantitative estimate of drug-likeness (QED) is 0.727. The molecule has 0 radical (unpaired) electrons. The van der Waals surface area contributed by atoms with Crippen molar-refractivity contribution in [3.05, 3.63) is 54.1 Å². The average Bonchev–Trinajstić information content (AvgIpc) is 3.09. The van der Waals surface area contributed by atoms with Crippen LogP contribution in [-0.2, 0) is 22.5 Å². The molecular formula is C19H28Cl2N4O2. The van der Waals surface area contributed by atoms with Gasteiger partial charge in [-0.25, -0.2) is 4.98 Å². The predicted octanol–water partition coefficient (Wildman–Crippen LogP) is 2.19. The number of aromatic nitrogens is 2. The molecule has 0 aliphatic carbocycles. The number of hydrogen-bond acceptors (Lipinski definition) is 4. The van der Waals surface area contributed by atoms with Gasteiger partial charge in [-0.2, -0.15) is 0 Å². The van der Waals surface area contributed by atoms with E-state index < -0.39 is 6.04 Å². The Kier molecular flexibility index (Phi) is 10.4. The van der Waals surface area contributed by atoms with Gasteiger partial charge in [-0.15, -0.1) is 24.8 Å². The molecule has 1 aliphatic heterocycles. The van der Waals surface area contributed by atoms with Gasteiger partial charge in [0.1, 0.15) is 5.82 Å². The summed E-state index contributed by atoms with van der Waals surface area (Å²) in [5.74, 6) is 1.10. The number of hydrogen-bond donors (Lipinski definition) is 2. The fraction of sp³-hybridized carbons (Fsp3) is 0.474. The Bertz CT molecular complexity index is 675. The summed E-state index contributed by atoms with van der Waals surface area (Å²) in [6.45, 7) is 2.72. The second-order valence-electron chi connectivity index (χ2n) is 6.47. The van der Waals surface area contributed by atoms with Gasteiger partial charge in [-0.3, -0.25) is 4.79 Å². The average molecular weight is 415 g/mol. The van der Waals surface area contributed by atoms with Crippen molar-refractivity contribution in [3.63, 3.8) is 0 Å². The molecule has 0 bridgehead atoms. The minimum absolute atomic E-state index is 0. The van der Waals surface area contributed by atoms with Crippen molar-refractivity contribution in [3.8, 4) is 0 Å². The molecule has 150 valence electrons. The van der Waals surface area contributed by atoms with E-state index in [2.05, 4.69) is 27.0 Å². The summed E-state index contributed by atoms with van der Waals surface area (Å²) in [4.78, 5) is 16.7. The number of ether oxygens (including phenoxy) is 1. The smallest absolute Gasteiger partial charge is 0.237 e. The molecule has 0 spiro atoms. The van der Waals surface area contributed by atoms with Gasteiger partial charge in [0.25, 0.3) is 0 Å². The lowest BCUT2D eigenvalue weighted by Crippen LogP contribution is -2.47. The summed E-state index contributed by atoms with van der Waals surface area (Å²) >= 11 is 0. The van der Waals surface area contributed by atoms with Crippen LogP contribution in [0.1, 0.15) is 24.2 Å². The van der Waals surface area contributed by atoms with Gasteiger partial charge < -0.3 is 20.4 Å². The fourth-order valence-corrected chi connectivity index (χ4v) is 3.20. The van der Waals surface area contributed by atoms with Gasteiger partial charge in [0.2, 0.25) is 5.91 Å². The molecule has 1 fully saturated rings. The SMILES string of the molecule is Cl.Cl.NC(C(=O)NCCc1nccn1Cc1ccccc1)C1CCOCC1. The molecule has 1 unspecified atom stereocenters. The van der Waals surface area contributed by atoms with E-state index in [4.69, 9.17) is 10.5 Å². The zero-order valence-electron chi connectivity index (χ0n) is 15.3. The van der Waals surface area contributed by atoms with Crippen LogP contribution in [-0.4, -0.2) is 41.3 Å². The third-order valence-electron chi connectivity index (χ3n) is 4.72. The Hall–Kier alpha value is -1.60. The van der Waals surface area contributed by atoms with Crippen LogP contribution in [0.5, 0.6) is 0 Å². The maximum atomic E-state index is 12.2. The van der Waals surface area contributed by atoms with Crippen LogP contribution in [0, 0.1) is 5.92 Å². The molecule has 1 aliphatic rings. The molecule has 2 heterocycles. The lowest BCUT2D eigenvalue weighted by molar-refractivity contribution is -0.124. The van der Waals surface area contributed by atoms with Crippen molar-refractivity contribution >= 4 is 30.7 Å². The molecular weight excluding hydrogens is 387 g/mol. The van der Waals surface area contributed by atoms with Gasteiger partial charge in [-0.1, -0.05) is 30.3 Å². The highest BCUT2D eigenvalue weighted by Crippen LogP contribution is 2.17. The standard InChI is InChI=1S/C19H26N4O2.2ClH/c20-18(16-7-12-25-13-8-16)19(24)22-9-6-17-21-10-11-23(17)14-15-4-2-1-3-5-15;;/h1-5,10-11,16,18H,6-9,12-14,20H2,(H,22,24);2*1H. The van der Waals surface area contributed by atoms with E-state index in [1.54, 1.807) is 6.20 Å². The molecule has 1 aromatic carbocycles. The number of rotatable bonds is 7. The maximum absolute atomic E-state index is 12.2. The highest BCUT2D eigenvalue weighted by Gasteiger charge is 2.26. The number of halogens is 2.